The van der Waals surface area contributed by atoms with Gasteiger partial charge in [0.25, 0.3) is 0 Å². The third-order valence-electron chi connectivity index (χ3n) is 2.35. The minimum absolute atomic E-state index is 0.0150. The molecule has 2 rings (SSSR count). The largest absolute Gasteiger partial charge is 0.465 e. The zero-order chi connectivity index (χ0) is 13.3. The van der Waals surface area contributed by atoms with Gasteiger partial charge in [0.1, 0.15) is 22.9 Å². The molecule has 94 valence electrons. The zero-order valence-corrected chi connectivity index (χ0v) is 9.35. The molecule has 1 aromatic heterocycles. The van der Waals surface area contributed by atoms with Crippen LogP contribution in [0.1, 0.15) is 10.4 Å². The highest BCUT2D eigenvalue weighted by molar-refractivity contribution is 5.94. The number of methoxy groups -OCH3 is 1. The first-order valence-electron chi connectivity index (χ1n) is 4.92. The van der Waals surface area contributed by atoms with Gasteiger partial charge in [0.05, 0.1) is 13.3 Å². The molecular formula is C11H9F2N3O2. The fraction of sp³-hybridized carbons (Fsp3) is 0.0909. The van der Waals surface area contributed by atoms with Gasteiger partial charge in [-0.2, -0.15) is 5.10 Å². The van der Waals surface area contributed by atoms with E-state index in [4.69, 9.17) is 5.73 Å². The summed E-state index contributed by atoms with van der Waals surface area (Å²) in [6.45, 7) is 0. The van der Waals surface area contributed by atoms with Gasteiger partial charge in [-0.15, -0.1) is 0 Å². The lowest BCUT2D eigenvalue weighted by Gasteiger charge is -2.06. The van der Waals surface area contributed by atoms with Gasteiger partial charge in [0, 0.05) is 6.07 Å². The van der Waals surface area contributed by atoms with Crippen molar-refractivity contribution in [3.05, 3.63) is 41.6 Å². The van der Waals surface area contributed by atoms with Gasteiger partial charge in [-0.1, -0.05) is 0 Å². The summed E-state index contributed by atoms with van der Waals surface area (Å²) in [4.78, 5) is 11.3. The molecular weight excluding hydrogens is 244 g/mol. The molecule has 0 atom stereocenters. The molecule has 0 spiro atoms. The Kier molecular flexibility index (Phi) is 2.97. The highest BCUT2D eigenvalue weighted by atomic mass is 19.1. The lowest BCUT2D eigenvalue weighted by Crippen LogP contribution is -2.08. The Balaban J connectivity index is 2.52. The van der Waals surface area contributed by atoms with Crippen LogP contribution in [0, 0.1) is 11.6 Å². The first-order chi connectivity index (χ1) is 8.54. The van der Waals surface area contributed by atoms with Crippen molar-refractivity contribution >= 4 is 11.8 Å². The molecule has 2 aromatic rings. The Morgan fingerprint density at radius 3 is 2.78 bits per heavy atom. The molecule has 0 saturated carbocycles. The maximum Gasteiger partial charge on any atom is 0.343 e. The molecule has 0 amide bonds. The molecule has 0 aliphatic carbocycles. The van der Waals surface area contributed by atoms with Crippen LogP contribution in [0.3, 0.4) is 0 Å². The normalized spacial score (nSPS) is 10.4. The van der Waals surface area contributed by atoms with Crippen molar-refractivity contribution in [3.63, 3.8) is 0 Å². The van der Waals surface area contributed by atoms with Crippen molar-refractivity contribution in [3.8, 4) is 5.69 Å². The number of esters is 1. The number of hydrogen-bond acceptors (Lipinski definition) is 4. The summed E-state index contributed by atoms with van der Waals surface area (Å²) < 4.78 is 31.8. The Hall–Kier alpha value is -2.44. The van der Waals surface area contributed by atoms with Gasteiger partial charge in [0.15, 0.2) is 5.82 Å². The van der Waals surface area contributed by atoms with Crippen LogP contribution in [0.25, 0.3) is 5.69 Å². The predicted molar refractivity (Wildman–Crippen MR) is 59.2 cm³/mol. The summed E-state index contributed by atoms with van der Waals surface area (Å²) in [6, 6.07) is 2.95. The highest BCUT2D eigenvalue weighted by Crippen LogP contribution is 2.20. The number of rotatable bonds is 2. The number of halogens is 2. The van der Waals surface area contributed by atoms with Crippen molar-refractivity contribution in [2.45, 2.75) is 0 Å². The van der Waals surface area contributed by atoms with Crippen molar-refractivity contribution < 1.29 is 18.3 Å². The zero-order valence-electron chi connectivity index (χ0n) is 9.35. The standard InChI is InChI=1S/C11H9F2N3O2/c1-18-11(17)7-5-15-16(10(7)14)9-3-2-6(12)4-8(9)13/h2-5H,14H2,1H3. The predicted octanol–water partition coefficient (Wildman–Crippen LogP) is 1.52. The van der Waals surface area contributed by atoms with Crippen LogP contribution in [0.2, 0.25) is 0 Å². The summed E-state index contributed by atoms with van der Waals surface area (Å²) in [6.07, 6.45) is 1.16. The number of benzene rings is 1. The lowest BCUT2D eigenvalue weighted by molar-refractivity contribution is 0.0602. The summed E-state index contributed by atoms with van der Waals surface area (Å²) in [7, 11) is 1.19. The molecule has 7 heteroatoms. The molecule has 1 aromatic carbocycles. The van der Waals surface area contributed by atoms with E-state index in [9.17, 15) is 13.6 Å². The van der Waals surface area contributed by atoms with Crippen LogP contribution in [0.4, 0.5) is 14.6 Å². The van der Waals surface area contributed by atoms with E-state index in [1.807, 2.05) is 0 Å². The average Bonchev–Trinajstić information content (AvgIpc) is 2.70. The molecule has 2 N–H and O–H groups in total. The van der Waals surface area contributed by atoms with Gasteiger partial charge in [0.2, 0.25) is 0 Å². The molecule has 0 aliphatic rings. The first kappa shape index (κ1) is 12.0. The molecule has 18 heavy (non-hydrogen) atoms. The second-order valence-electron chi connectivity index (χ2n) is 3.44. The Morgan fingerprint density at radius 2 is 2.17 bits per heavy atom. The summed E-state index contributed by atoms with van der Waals surface area (Å²) in [5.74, 6) is -2.30. The van der Waals surface area contributed by atoms with Crippen molar-refractivity contribution in [1.82, 2.24) is 9.78 Å². The Labute approximate surface area is 101 Å². The molecule has 0 saturated heterocycles. The lowest BCUT2D eigenvalue weighted by atomic mass is 10.3. The molecule has 0 aliphatic heterocycles. The number of carbonyl (C=O) groups is 1. The molecule has 0 bridgehead atoms. The molecule has 0 fully saturated rings. The average molecular weight is 253 g/mol. The fourth-order valence-corrected chi connectivity index (χ4v) is 1.47. The topological polar surface area (TPSA) is 70.1 Å². The van der Waals surface area contributed by atoms with Gasteiger partial charge in [-0.3, -0.25) is 0 Å². The third kappa shape index (κ3) is 1.90. The van der Waals surface area contributed by atoms with Crippen molar-refractivity contribution in [1.29, 1.82) is 0 Å². The maximum absolute atomic E-state index is 13.5. The minimum Gasteiger partial charge on any atom is -0.465 e. The Bertz CT molecular complexity index is 610. The quantitative estimate of drug-likeness (QED) is 0.824. The molecule has 0 unspecified atom stereocenters. The molecule has 5 nitrogen and oxygen atoms in total. The number of carbonyl (C=O) groups excluding carboxylic acids is 1. The third-order valence-corrected chi connectivity index (χ3v) is 2.35. The number of anilines is 1. The van der Waals surface area contributed by atoms with Crippen LogP contribution in [-0.4, -0.2) is 22.9 Å². The smallest absolute Gasteiger partial charge is 0.343 e. The van der Waals surface area contributed by atoms with E-state index in [0.717, 1.165) is 16.9 Å². The van der Waals surface area contributed by atoms with Crippen molar-refractivity contribution in [2.24, 2.45) is 0 Å². The number of ether oxygens (including phenoxy) is 1. The van der Waals surface area contributed by atoms with Gasteiger partial charge < -0.3 is 10.5 Å². The Morgan fingerprint density at radius 1 is 1.44 bits per heavy atom. The van der Waals surface area contributed by atoms with E-state index in [0.29, 0.717) is 6.07 Å². The number of aromatic nitrogens is 2. The number of nitrogens with two attached hydrogens (primary N) is 1. The molecule has 0 radical (unpaired) electrons. The van der Waals surface area contributed by atoms with E-state index >= 15 is 0 Å². The van der Waals surface area contributed by atoms with Gasteiger partial charge >= 0.3 is 5.97 Å². The maximum atomic E-state index is 13.5. The van der Waals surface area contributed by atoms with Gasteiger partial charge in [-0.25, -0.2) is 18.3 Å². The number of nitrogens with zero attached hydrogens (tertiary/aromatic N) is 2. The molecule has 1 heterocycles. The summed E-state index contributed by atoms with van der Waals surface area (Å²) in [5, 5.41) is 3.77. The van der Waals surface area contributed by atoms with Crippen LogP contribution in [0.15, 0.2) is 24.4 Å². The van der Waals surface area contributed by atoms with E-state index in [-0.39, 0.29) is 17.1 Å². The van der Waals surface area contributed by atoms with Crippen LogP contribution in [0.5, 0.6) is 0 Å². The van der Waals surface area contributed by atoms with E-state index < -0.39 is 17.6 Å². The second kappa shape index (κ2) is 4.44. The van der Waals surface area contributed by atoms with Gasteiger partial charge in [-0.05, 0) is 12.1 Å². The highest BCUT2D eigenvalue weighted by Gasteiger charge is 2.18. The van der Waals surface area contributed by atoms with Crippen LogP contribution < -0.4 is 5.73 Å². The minimum atomic E-state index is -0.832. The first-order valence-corrected chi connectivity index (χ1v) is 4.92. The van der Waals surface area contributed by atoms with E-state index in [2.05, 4.69) is 9.84 Å². The van der Waals surface area contributed by atoms with Crippen molar-refractivity contribution in [2.75, 3.05) is 12.8 Å². The van der Waals surface area contributed by atoms with E-state index in [1.165, 1.54) is 13.2 Å². The van der Waals surface area contributed by atoms with E-state index in [1.54, 1.807) is 0 Å². The fourth-order valence-electron chi connectivity index (χ4n) is 1.47. The van der Waals surface area contributed by atoms with Crippen LogP contribution in [-0.2, 0) is 4.74 Å². The SMILES string of the molecule is COC(=O)c1cnn(-c2ccc(F)cc2F)c1N. The monoisotopic (exact) mass is 253 g/mol. The summed E-state index contributed by atoms with van der Waals surface area (Å²) in [5.41, 5.74) is 5.62. The number of hydrogen-bond donors (Lipinski definition) is 1. The summed E-state index contributed by atoms with van der Waals surface area (Å²) >= 11 is 0. The van der Waals surface area contributed by atoms with Crippen LogP contribution >= 0.6 is 0 Å². The second-order valence-corrected chi connectivity index (χ2v) is 3.44. The number of nitrogen functional groups attached to an aromatic ring is 1.